The van der Waals surface area contributed by atoms with E-state index in [1.165, 1.54) is 0 Å². The van der Waals surface area contributed by atoms with Crippen molar-refractivity contribution in [3.8, 4) is 23.0 Å². The van der Waals surface area contributed by atoms with Gasteiger partial charge in [0, 0.05) is 10.5 Å². The van der Waals surface area contributed by atoms with Crippen molar-refractivity contribution in [2.75, 3.05) is 6.61 Å². The molecule has 2 aromatic heterocycles. The number of aromatic hydroxyl groups is 1. The number of pyridine rings is 1. The number of fused-ring (bicyclic) bond motifs is 1. The minimum Gasteiger partial charge on any atom is -0.507 e. The standard InChI is InChI=1S/C14H12BrN3O2/c1-2-20-12-6-4-10-14(17-12)18-13(16-10)9-7-8(15)3-5-11(9)19/h3-7,19H,2H2,1H3,(H,16,17,18). The number of hydrogen-bond donors (Lipinski definition) is 2. The van der Waals surface area contributed by atoms with Crippen molar-refractivity contribution in [3.63, 3.8) is 0 Å². The van der Waals surface area contributed by atoms with Crippen LogP contribution in [0.2, 0.25) is 0 Å². The van der Waals surface area contributed by atoms with Gasteiger partial charge < -0.3 is 14.8 Å². The van der Waals surface area contributed by atoms with Crippen LogP contribution in [0.15, 0.2) is 34.8 Å². The highest BCUT2D eigenvalue weighted by atomic mass is 79.9. The molecule has 2 N–H and O–H groups in total. The van der Waals surface area contributed by atoms with Crippen LogP contribution in [0.3, 0.4) is 0 Å². The van der Waals surface area contributed by atoms with Crippen LogP contribution in [-0.4, -0.2) is 26.7 Å². The molecule has 6 heteroatoms. The maximum absolute atomic E-state index is 9.93. The van der Waals surface area contributed by atoms with Crippen LogP contribution < -0.4 is 4.74 Å². The summed E-state index contributed by atoms with van der Waals surface area (Å²) in [7, 11) is 0. The molecule has 2 heterocycles. The molecule has 3 rings (SSSR count). The summed E-state index contributed by atoms with van der Waals surface area (Å²) in [5, 5.41) is 9.93. The van der Waals surface area contributed by atoms with E-state index in [1.807, 2.05) is 13.0 Å². The fourth-order valence-corrected chi connectivity index (χ4v) is 2.29. The lowest BCUT2D eigenvalue weighted by Crippen LogP contribution is -1.93. The van der Waals surface area contributed by atoms with E-state index in [0.717, 1.165) is 9.99 Å². The Kier molecular flexibility index (Phi) is 3.31. The first-order valence-corrected chi connectivity index (χ1v) is 6.95. The molecule has 0 aliphatic heterocycles. The second-order valence-electron chi connectivity index (χ2n) is 4.20. The van der Waals surface area contributed by atoms with Crippen LogP contribution in [0.5, 0.6) is 11.6 Å². The van der Waals surface area contributed by atoms with E-state index in [2.05, 4.69) is 30.9 Å². The van der Waals surface area contributed by atoms with Gasteiger partial charge in [0.2, 0.25) is 5.88 Å². The molecule has 0 atom stereocenters. The van der Waals surface area contributed by atoms with Crippen molar-refractivity contribution in [1.29, 1.82) is 0 Å². The molecule has 102 valence electrons. The molecule has 0 aliphatic carbocycles. The SMILES string of the molecule is CCOc1ccc2[nH]c(-c3cc(Br)ccc3O)nc2n1. The number of imidazole rings is 1. The molecule has 20 heavy (non-hydrogen) atoms. The number of aromatic amines is 1. The minimum absolute atomic E-state index is 0.164. The molecular formula is C14H12BrN3O2. The van der Waals surface area contributed by atoms with Crippen molar-refractivity contribution in [2.24, 2.45) is 0 Å². The third-order valence-corrected chi connectivity index (χ3v) is 3.32. The number of halogens is 1. The summed E-state index contributed by atoms with van der Waals surface area (Å²) in [6, 6.07) is 8.84. The maximum atomic E-state index is 9.93. The number of nitrogens with zero attached hydrogens (tertiary/aromatic N) is 2. The van der Waals surface area contributed by atoms with Gasteiger partial charge in [-0.15, -0.1) is 0 Å². The summed E-state index contributed by atoms with van der Waals surface area (Å²) >= 11 is 3.38. The number of phenolic OH excluding ortho intramolecular Hbond substituents is 1. The highest BCUT2D eigenvalue weighted by molar-refractivity contribution is 9.10. The Morgan fingerprint density at radius 2 is 2.10 bits per heavy atom. The fourth-order valence-electron chi connectivity index (χ4n) is 1.93. The highest BCUT2D eigenvalue weighted by Crippen LogP contribution is 2.31. The molecule has 0 aliphatic rings. The van der Waals surface area contributed by atoms with Crippen LogP contribution in [0.1, 0.15) is 6.92 Å². The van der Waals surface area contributed by atoms with Crippen molar-refractivity contribution in [3.05, 3.63) is 34.8 Å². The van der Waals surface area contributed by atoms with Crippen molar-refractivity contribution >= 4 is 27.1 Å². The number of phenols is 1. The topological polar surface area (TPSA) is 71.0 Å². The van der Waals surface area contributed by atoms with Gasteiger partial charge in [-0.2, -0.15) is 4.98 Å². The van der Waals surface area contributed by atoms with E-state index in [9.17, 15) is 5.11 Å². The molecule has 0 fully saturated rings. The maximum Gasteiger partial charge on any atom is 0.215 e. The first-order valence-electron chi connectivity index (χ1n) is 6.16. The third kappa shape index (κ3) is 2.34. The lowest BCUT2D eigenvalue weighted by molar-refractivity contribution is 0.328. The Morgan fingerprint density at radius 3 is 2.90 bits per heavy atom. The Hall–Kier alpha value is -2.08. The Bertz CT molecular complexity index is 770. The number of H-pyrrole nitrogens is 1. The van der Waals surface area contributed by atoms with E-state index < -0.39 is 0 Å². The van der Waals surface area contributed by atoms with Crippen LogP contribution in [0, 0.1) is 0 Å². The summed E-state index contributed by atoms with van der Waals surface area (Å²) in [4.78, 5) is 11.8. The second kappa shape index (κ2) is 5.13. The number of ether oxygens (including phenoxy) is 1. The van der Waals surface area contributed by atoms with Gasteiger partial charge in [0.05, 0.1) is 17.7 Å². The first kappa shape index (κ1) is 12.9. The normalized spacial score (nSPS) is 10.9. The molecule has 0 spiro atoms. The average Bonchev–Trinajstić information content (AvgIpc) is 2.85. The largest absolute Gasteiger partial charge is 0.507 e. The summed E-state index contributed by atoms with van der Waals surface area (Å²) < 4.78 is 6.22. The van der Waals surface area contributed by atoms with Crippen molar-refractivity contribution < 1.29 is 9.84 Å². The molecule has 0 unspecified atom stereocenters. The Morgan fingerprint density at radius 1 is 1.25 bits per heavy atom. The van der Waals surface area contributed by atoms with Gasteiger partial charge in [-0.1, -0.05) is 15.9 Å². The Labute approximate surface area is 123 Å². The van der Waals surface area contributed by atoms with E-state index in [0.29, 0.717) is 29.5 Å². The summed E-state index contributed by atoms with van der Waals surface area (Å²) in [6.45, 7) is 2.46. The Balaban J connectivity index is 2.10. The average molecular weight is 334 g/mol. The van der Waals surface area contributed by atoms with Gasteiger partial charge in [0.1, 0.15) is 11.6 Å². The van der Waals surface area contributed by atoms with Gasteiger partial charge >= 0.3 is 0 Å². The molecule has 5 nitrogen and oxygen atoms in total. The molecule has 0 bridgehead atoms. The fraction of sp³-hybridized carbons (Fsp3) is 0.143. The zero-order valence-electron chi connectivity index (χ0n) is 10.7. The molecular weight excluding hydrogens is 322 g/mol. The van der Waals surface area contributed by atoms with Crippen molar-refractivity contribution in [2.45, 2.75) is 6.92 Å². The highest BCUT2D eigenvalue weighted by Gasteiger charge is 2.11. The minimum atomic E-state index is 0.164. The smallest absolute Gasteiger partial charge is 0.215 e. The number of aromatic nitrogens is 3. The lowest BCUT2D eigenvalue weighted by atomic mass is 10.2. The number of nitrogens with one attached hydrogen (secondary N) is 1. The zero-order valence-corrected chi connectivity index (χ0v) is 12.3. The van der Waals surface area contributed by atoms with Gasteiger partial charge in [-0.25, -0.2) is 4.98 Å². The monoisotopic (exact) mass is 333 g/mol. The predicted octanol–water partition coefficient (Wildman–Crippen LogP) is 3.49. The zero-order chi connectivity index (χ0) is 14.1. The summed E-state index contributed by atoms with van der Waals surface area (Å²) in [5.74, 6) is 1.27. The van der Waals surface area contributed by atoms with Crippen LogP contribution in [-0.2, 0) is 0 Å². The lowest BCUT2D eigenvalue weighted by Gasteiger charge is -2.01. The van der Waals surface area contributed by atoms with Crippen LogP contribution in [0.4, 0.5) is 0 Å². The number of rotatable bonds is 3. The predicted molar refractivity (Wildman–Crippen MR) is 79.9 cm³/mol. The number of hydrogen-bond acceptors (Lipinski definition) is 4. The van der Waals surface area contributed by atoms with Crippen molar-refractivity contribution in [1.82, 2.24) is 15.0 Å². The van der Waals surface area contributed by atoms with Crippen LogP contribution in [0.25, 0.3) is 22.6 Å². The van der Waals surface area contributed by atoms with E-state index in [4.69, 9.17) is 4.74 Å². The van der Waals surface area contributed by atoms with Crippen LogP contribution >= 0.6 is 15.9 Å². The summed E-state index contributed by atoms with van der Waals surface area (Å²) in [6.07, 6.45) is 0. The molecule has 0 radical (unpaired) electrons. The molecule has 3 aromatic rings. The molecule has 1 aromatic carbocycles. The van der Waals surface area contributed by atoms with Gasteiger partial charge in [0.15, 0.2) is 5.65 Å². The molecule has 0 saturated heterocycles. The summed E-state index contributed by atoms with van der Waals surface area (Å²) in [5.41, 5.74) is 1.98. The first-order chi connectivity index (χ1) is 9.67. The van der Waals surface area contributed by atoms with E-state index >= 15 is 0 Å². The van der Waals surface area contributed by atoms with Gasteiger partial charge in [0.25, 0.3) is 0 Å². The van der Waals surface area contributed by atoms with E-state index in [-0.39, 0.29) is 5.75 Å². The number of benzene rings is 1. The van der Waals surface area contributed by atoms with Gasteiger partial charge in [-0.05, 0) is 31.2 Å². The van der Waals surface area contributed by atoms with Gasteiger partial charge in [-0.3, -0.25) is 0 Å². The van der Waals surface area contributed by atoms with E-state index in [1.54, 1.807) is 24.3 Å². The third-order valence-electron chi connectivity index (χ3n) is 2.83. The molecule has 0 saturated carbocycles. The quantitative estimate of drug-likeness (QED) is 0.769. The molecule has 0 amide bonds. The second-order valence-corrected chi connectivity index (χ2v) is 5.12.